The van der Waals surface area contributed by atoms with Crippen LogP contribution in [0.4, 0.5) is 0 Å². The Morgan fingerprint density at radius 3 is 1.72 bits per heavy atom. The van der Waals surface area contributed by atoms with E-state index >= 15 is 0 Å². The summed E-state index contributed by atoms with van der Waals surface area (Å²) in [4.78, 5) is 12.8. The molecule has 0 aliphatic carbocycles. The van der Waals surface area contributed by atoms with Gasteiger partial charge in [-0.15, -0.1) is 0 Å². The number of ether oxygens (including phenoxy) is 1. The third kappa shape index (κ3) is 12.0. The predicted molar refractivity (Wildman–Crippen MR) is 137 cm³/mol. The summed E-state index contributed by atoms with van der Waals surface area (Å²) >= 11 is 0. The van der Waals surface area contributed by atoms with Crippen LogP contribution in [0.5, 0.6) is 0 Å². The van der Waals surface area contributed by atoms with Gasteiger partial charge in [-0.2, -0.15) is 0 Å². The van der Waals surface area contributed by atoms with Crippen LogP contribution < -0.4 is 0 Å². The highest BCUT2D eigenvalue weighted by Crippen LogP contribution is 2.52. The van der Waals surface area contributed by atoms with Gasteiger partial charge in [-0.25, -0.2) is 9.13 Å². The van der Waals surface area contributed by atoms with Gasteiger partial charge in [0, 0.05) is 0 Å². The lowest BCUT2D eigenvalue weighted by molar-refractivity contribution is -0.148. The van der Waals surface area contributed by atoms with Crippen LogP contribution in [0.15, 0.2) is 24.3 Å². The predicted octanol–water partition coefficient (Wildman–Crippen LogP) is 6.30. The summed E-state index contributed by atoms with van der Waals surface area (Å²) in [6, 6.07) is 7.80. The number of phosphoric ester groups is 2. The van der Waals surface area contributed by atoms with E-state index < -0.39 is 40.2 Å². The Labute approximate surface area is 215 Å². The van der Waals surface area contributed by atoms with Crippen LogP contribution in [-0.2, 0) is 52.2 Å². The van der Waals surface area contributed by atoms with Crippen LogP contribution in [0.3, 0.4) is 0 Å². The highest BCUT2D eigenvalue weighted by atomic mass is 31.2. The number of benzene rings is 1. The fourth-order valence-corrected chi connectivity index (χ4v) is 5.68. The molecule has 0 aromatic heterocycles. The molecule has 0 aliphatic rings. The Balaban J connectivity index is 2.93. The third-order valence-corrected chi connectivity index (χ3v) is 8.05. The van der Waals surface area contributed by atoms with Crippen LogP contribution in [-0.4, -0.2) is 51.7 Å². The molecule has 0 radical (unpaired) electrons. The lowest BCUT2D eigenvalue weighted by Gasteiger charge is -2.25. The summed E-state index contributed by atoms with van der Waals surface area (Å²) < 4.78 is 62.5. The lowest BCUT2D eigenvalue weighted by atomic mass is 9.97. The average Bonchev–Trinajstić information content (AvgIpc) is 2.81. The number of phosphoric acid groups is 2. The minimum atomic E-state index is -3.99. The maximum atomic E-state index is 12.9. The fraction of sp³-hybridized carbons (Fsp3) is 0.708. The Kier molecular flexibility index (Phi) is 15.3. The van der Waals surface area contributed by atoms with E-state index in [4.69, 9.17) is 31.9 Å². The maximum Gasteiger partial charge on any atom is 0.475 e. The molecule has 0 bridgehead atoms. The van der Waals surface area contributed by atoms with Crippen molar-refractivity contribution in [2.75, 3.05) is 39.6 Å². The largest absolute Gasteiger partial charge is 0.475 e. The monoisotopic (exact) mass is 552 g/mol. The first-order valence-electron chi connectivity index (χ1n) is 12.4. The lowest BCUT2D eigenvalue weighted by Crippen LogP contribution is -2.28. The number of carbonyl (C=O) groups excluding carboxylic acids is 1. The summed E-state index contributed by atoms with van der Waals surface area (Å²) in [5, 5.41) is 0. The van der Waals surface area contributed by atoms with E-state index in [1.807, 2.05) is 24.3 Å². The molecule has 0 spiro atoms. The molecular formula is C24H42O10P2. The molecule has 0 fully saturated rings. The molecule has 1 aromatic rings. The van der Waals surface area contributed by atoms with Crippen LogP contribution in [0.25, 0.3) is 0 Å². The smallest absolute Gasteiger partial charge is 0.462 e. The fourth-order valence-electron chi connectivity index (χ4n) is 3.16. The van der Waals surface area contributed by atoms with E-state index in [9.17, 15) is 13.9 Å². The van der Waals surface area contributed by atoms with Crippen molar-refractivity contribution < 1.29 is 45.8 Å². The first-order valence-corrected chi connectivity index (χ1v) is 15.3. The van der Waals surface area contributed by atoms with Gasteiger partial charge < -0.3 is 4.74 Å². The minimum Gasteiger partial charge on any atom is -0.462 e. The minimum absolute atomic E-state index is 0.0604. The molecule has 0 aliphatic heterocycles. The van der Waals surface area contributed by atoms with E-state index in [0.29, 0.717) is 5.92 Å². The van der Waals surface area contributed by atoms with Gasteiger partial charge in [0.2, 0.25) is 0 Å². The molecule has 2 unspecified atom stereocenters. The third-order valence-electron chi connectivity index (χ3n) is 4.73. The zero-order chi connectivity index (χ0) is 27.2. The van der Waals surface area contributed by atoms with Crippen LogP contribution in [0.2, 0.25) is 0 Å². The Morgan fingerprint density at radius 1 is 0.750 bits per heavy atom. The topological polar surface area (TPSA) is 116 Å². The molecule has 2 atom stereocenters. The molecular weight excluding hydrogens is 510 g/mol. The summed E-state index contributed by atoms with van der Waals surface area (Å²) in [6.45, 7) is 12.1. The average molecular weight is 553 g/mol. The van der Waals surface area contributed by atoms with Crippen molar-refractivity contribution in [3.8, 4) is 0 Å². The molecule has 1 aromatic carbocycles. The Morgan fingerprint density at radius 2 is 1.25 bits per heavy atom. The molecule has 0 saturated heterocycles. The van der Waals surface area contributed by atoms with Crippen molar-refractivity contribution in [2.24, 2.45) is 5.92 Å². The van der Waals surface area contributed by atoms with E-state index in [-0.39, 0.29) is 33.0 Å². The zero-order valence-corrected chi connectivity index (χ0v) is 24.3. The Bertz CT molecular complexity index is 839. The highest BCUT2D eigenvalue weighted by molar-refractivity contribution is 7.48. The van der Waals surface area contributed by atoms with Crippen molar-refractivity contribution in [3.05, 3.63) is 35.4 Å². The van der Waals surface area contributed by atoms with Crippen LogP contribution in [0.1, 0.15) is 65.5 Å². The molecule has 36 heavy (non-hydrogen) atoms. The van der Waals surface area contributed by atoms with Gasteiger partial charge in [0.25, 0.3) is 0 Å². The maximum absolute atomic E-state index is 12.9. The molecule has 0 amide bonds. The standard InChI is InChI=1S/C24H42O10P2/c1-8-29-35(26,30-9-2)33-18-23(34-36(27,31-10-3)32-11-4)17-28-24(25)20(7)22-14-12-21(13-15-22)16-19(5)6/h12-15,19-20,23H,8-11,16-18H2,1-7H3. The SMILES string of the molecule is CCOP(=O)(OCC)OCC(COC(=O)C(C)c1ccc(CC(C)C)cc1)OP(=O)(OCC)OCC. The second kappa shape index (κ2) is 16.7. The molecule has 1 rings (SSSR count). The molecule has 208 valence electrons. The number of hydrogen-bond acceptors (Lipinski definition) is 10. The van der Waals surface area contributed by atoms with Gasteiger partial charge >= 0.3 is 21.6 Å². The molecule has 12 heteroatoms. The number of esters is 1. The zero-order valence-electron chi connectivity index (χ0n) is 22.5. The van der Waals surface area contributed by atoms with Crippen molar-refractivity contribution in [1.82, 2.24) is 0 Å². The summed E-state index contributed by atoms with van der Waals surface area (Å²) in [5.41, 5.74) is 1.99. The summed E-state index contributed by atoms with van der Waals surface area (Å²) in [5.74, 6) is -0.536. The second-order valence-electron chi connectivity index (χ2n) is 8.28. The summed E-state index contributed by atoms with van der Waals surface area (Å²) in [7, 11) is -7.88. The second-order valence-corrected chi connectivity index (χ2v) is 11.6. The number of hydrogen-bond donors (Lipinski definition) is 0. The molecule has 0 N–H and O–H groups in total. The normalized spacial score (nSPS) is 14.1. The van der Waals surface area contributed by atoms with E-state index in [1.54, 1.807) is 34.6 Å². The highest BCUT2D eigenvalue weighted by Gasteiger charge is 2.34. The Hall–Kier alpha value is -1.09. The molecule has 0 saturated carbocycles. The van der Waals surface area contributed by atoms with Crippen molar-refractivity contribution in [3.63, 3.8) is 0 Å². The van der Waals surface area contributed by atoms with Gasteiger partial charge in [0.1, 0.15) is 12.7 Å². The van der Waals surface area contributed by atoms with E-state index in [1.165, 1.54) is 5.56 Å². The van der Waals surface area contributed by atoms with E-state index in [2.05, 4.69) is 13.8 Å². The first kappa shape index (κ1) is 32.9. The van der Waals surface area contributed by atoms with Gasteiger partial charge in [0.15, 0.2) is 0 Å². The number of carbonyl (C=O) groups is 1. The van der Waals surface area contributed by atoms with Crippen LogP contribution in [0, 0.1) is 5.92 Å². The quantitative estimate of drug-likeness (QED) is 0.143. The number of rotatable bonds is 19. The van der Waals surface area contributed by atoms with Gasteiger partial charge in [-0.05, 0) is 58.1 Å². The van der Waals surface area contributed by atoms with E-state index in [0.717, 1.165) is 12.0 Å². The van der Waals surface area contributed by atoms with Crippen LogP contribution >= 0.6 is 15.6 Å². The first-order chi connectivity index (χ1) is 17.0. The van der Waals surface area contributed by atoms with Gasteiger partial charge in [-0.3, -0.25) is 31.9 Å². The molecule has 10 nitrogen and oxygen atoms in total. The molecule has 0 heterocycles. The van der Waals surface area contributed by atoms with Crippen molar-refractivity contribution >= 4 is 21.6 Å². The van der Waals surface area contributed by atoms with Crippen molar-refractivity contribution in [2.45, 2.75) is 66.9 Å². The van der Waals surface area contributed by atoms with Crippen molar-refractivity contribution in [1.29, 1.82) is 0 Å². The summed E-state index contributed by atoms with van der Waals surface area (Å²) in [6.07, 6.45) is -0.182. The van der Waals surface area contributed by atoms with Gasteiger partial charge in [-0.1, -0.05) is 38.1 Å². The van der Waals surface area contributed by atoms with Gasteiger partial charge in [0.05, 0.1) is 39.0 Å².